The fourth-order valence-corrected chi connectivity index (χ4v) is 4.19. The van der Waals surface area contributed by atoms with Crippen LogP contribution in [0.3, 0.4) is 0 Å². The number of nitrogens with two attached hydrogens (primary N) is 1. The van der Waals surface area contributed by atoms with E-state index in [-0.39, 0.29) is 5.75 Å². The SMILES string of the molecule is Cc1ccc(C(N)CS(=O)(=O)c2cccs2)cc1. The summed E-state index contributed by atoms with van der Waals surface area (Å²) in [4.78, 5) is 0. The highest BCUT2D eigenvalue weighted by Gasteiger charge is 2.20. The fraction of sp³-hybridized carbons (Fsp3) is 0.231. The maximum absolute atomic E-state index is 12.1. The topological polar surface area (TPSA) is 60.2 Å². The zero-order chi connectivity index (χ0) is 13.2. The molecule has 0 aliphatic heterocycles. The van der Waals surface area contributed by atoms with Crippen LogP contribution in [0.2, 0.25) is 0 Å². The summed E-state index contributed by atoms with van der Waals surface area (Å²) in [5.74, 6) is -0.0590. The summed E-state index contributed by atoms with van der Waals surface area (Å²) in [5.41, 5.74) is 7.94. The highest BCUT2D eigenvalue weighted by molar-refractivity contribution is 7.93. The van der Waals surface area contributed by atoms with E-state index in [0.717, 1.165) is 11.1 Å². The van der Waals surface area contributed by atoms with E-state index in [1.54, 1.807) is 17.5 Å². The van der Waals surface area contributed by atoms with Gasteiger partial charge in [0.15, 0.2) is 9.84 Å². The lowest BCUT2D eigenvalue weighted by Gasteiger charge is -2.12. The smallest absolute Gasteiger partial charge is 0.189 e. The molecular formula is C13H15NO2S2. The van der Waals surface area contributed by atoms with Crippen molar-refractivity contribution in [2.75, 3.05) is 5.75 Å². The van der Waals surface area contributed by atoms with Gasteiger partial charge in [-0.05, 0) is 23.9 Å². The predicted molar refractivity (Wildman–Crippen MR) is 74.5 cm³/mol. The first-order valence-electron chi connectivity index (χ1n) is 5.57. The summed E-state index contributed by atoms with van der Waals surface area (Å²) < 4.78 is 24.5. The molecule has 96 valence electrons. The van der Waals surface area contributed by atoms with Crippen LogP contribution in [0, 0.1) is 6.92 Å². The zero-order valence-corrected chi connectivity index (χ0v) is 11.7. The largest absolute Gasteiger partial charge is 0.323 e. The Labute approximate surface area is 111 Å². The van der Waals surface area contributed by atoms with E-state index < -0.39 is 15.9 Å². The summed E-state index contributed by atoms with van der Waals surface area (Å²) in [7, 11) is -3.28. The molecule has 0 spiro atoms. The van der Waals surface area contributed by atoms with Gasteiger partial charge in [0.25, 0.3) is 0 Å². The van der Waals surface area contributed by atoms with Crippen molar-refractivity contribution in [3.05, 3.63) is 52.9 Å². The molecule has 2 aromatic rings. The number of thiophene rings is 1. The quantitative estimate of drug-likeness (QED) is 0.936. The Morgan fingerprint density at radius 1 is 1.22 bits per heavy atom. The maximum atomic E-state index is 12.1. The summed E-state index contributed by atoms with van der Waals surface area (Å²) >= 11 is 1.23. The fourth-order valence-electron chi connectivity index (χ4n) is 1.67. The van der Waals surface area contributed by atoms with Gasteiger partial charge in [-0.25, -0.2) is 8.42 Å². The van der Waals surface area contributed by atoms with E-state index in [0.29, 0.717) is 4.21 Å². The normalized spacial score (nSPS) is 13.4. The van der Waals surface area contributed by atoms with Crippen LogP contribution in [0.5, 0.6) is 0 Å². The van der Waals surface area contributed by atoms with Gasteiger partial charge >= 0.3 is 0 Å². The number of hydrogen-bond donors (Lipinski definition) is 1. The van der Waals surface area contributed by atoms with Crippen molar-refractivity contribution >= 4 is 21.2 Å². The zero-order valence-electron chi connectivity index (χ0n) is 10.0. The lowest BCUT2D eigenvalue weighted by Crippen LogP contribution is -2.21. The van der Waals surface area contributed by atoms with Crippen LogP contribution < -0.4 is 5.73 Å². The Kier molecular flexibility index (Phi) is 3.85. The third-order valence-electron chi connectivity index (χ3n) is 2.71. The molecule has 1 unspecified atom stereocenters. The van der Waals surface area contributed by atoms with Crippen LogP contribution in [0.1, 0.15) is 17.2 Å². The van der Waals surface area contributed by atoms with E-state index in [2.05, 4.69) is 0 Å². The molecule has 0 fully saturated rings. The Bertz CT molecular complexity index is 601. The van der Waals surface area contributed by atoms with Crippen molar-refractivity contribution < 1.29 is 8.42 Å². The summed E-state index contributed by atoms with van der Waals surface area (Å²) in [6.45, 7) is 1.98. The molecule has 1 aromatic carbocycles. The van der Waals surface area contributed by atoms with Gasteiger partial charge < -0.3 is 5.73 Å². The first kappa shape index (κ1) is 13.3. The van der Waals surface area contributed by atoms with Crippen LogP contribution in [-0.4, -0.2) is 14.2 Å². The van der Waals surface area contributed by atoms with E-state index >= 15 is 0 Å². The first-order valence-corrected chi connectivity index (χ1v) is 8.10. The average molecular weight is 281 g/mol. The van der Waals surface area contributed by atoms with E-state index in [4.69, 9.17) is 5.73 Å². The minimum absolute atomic E-state index is 0.0590. The molecule has 0 aliphatic carbocycles. The molecule has 0 bridgehead atoms. The van der Waals surface area contributed by atoms with Gasteiger partial charge in [0.1, 0.15) is 4.21 Å². The summed E-state index contributed by atoms with van der Waals surface area (Å²) in [6, 6.07) is 10.5. The van der Waals surface area contributed by atoms with Gasteiger partial charge in [-0.15, -0.1) is 11.3 Å². The Hall–Kier alpha value is -1.17. The van der Waals surface area contributed by atoms with Crippen LogP contribution in [0.4, 0.5) is 0 Å². The van der Waals surface area contributed by atoms with Gasteiger partial charge in [-0.1, -0.05) is 35.9 Å². The Morgan fingerprint density at radius 3 is 2.44 bits per heavy atom. The molecule has 0 saturated carbocycles. The summed E-state index contributed by atoms with van der Waals surface area (Å²) in [5, 5.41) is 1.75. The van der Waals surface area contributed by atoms with Crippen LogP contribution in [0.15, 0.2) is 46.0 Å². The van der Waals surface area contributed by atoms with Gasteiger partial charge in [0.2, 0.25) is 0 Å². The number of rotatable bonds is 4. The first-order chi connectivity index (χ1) is 8.49. The lowest BCUT2D eigenvalue weighted by molar-refractivity contribution is 0.591. The van der Waals surface area contributed by atoms with Crippen molar-refractivity contribution in [1.82, 2.24) is 0 Å². The van der Waals surface area contributed by atoms with Gasteiger partial charge in [0.05, 0.1) is 5.75 Å². The molecule has 1 atom stereocenters. The molecule has 1 heterocycles. The molecule has 0 saturated heterocycles. The molecular weight excluding hydrogens is 266 g/mol. The Balaban J connectivity index is 2.17. The standard InChI is InChI=1S/C13H15NO2S2/c1-10-4-6-11(7-5-10)12(14)9-18(15,16)13-3-2-8-17-13/h2-8,12H,9,14H2,1H3. The van der Waals surface area contributed by atoms with E-state index in [9.17, 15) is 8.42 Å². The highest BCUT2D eigenvalue weighted by Crippen LogP contribution is 2.22. The van der Waals surface area contributed by atoms with Crippen LogP contribution >= 0.6 is 11.3 Å². The van der Waals surface area contributed by atoms with Crippen molar-refractivity contribution in [1.29, 1.82) is 0 Å². The number of aryl methyl sites for hydroxylation is 1. The van der Waals surface area contributed by atoms with Gasteiger partial charge in [0, 0.05) is 6.04 Å². The minimum Gasteiger partial charge on any atom is -0.323 e. The van der Waals surface area contributed by atoms with E-state index in [1.165, 1.54) is 11.3 Å². The van der Waals surface area contributed by atoms with Crippen molar-refractivity contribution in [2.24, 2.45) is 5.73 Å². The molecule has 0 amide bonds. The molecule has 0 aliphatic rings. The second-order valence-electron chi connectivity index (χ2n) is 4.23. The second-order valence-corrected chi connectivity index (χ2v) is 7.44. The Morgan fingerprint density at radius 2 is 1.89 bits per heavy atom. The predicted octanol–water partition coefficient (Wildman–Crippen LogP) is 2.53. The molecule has 3 nitrogen and oxygen atoms in total. The monoisotopic (exact) mass is 281 g/mol. The molecule has 2 rings (SSSR count). The number of sulfone groups is 1. The molecule has 18 heavy (non-hydrogen) atoms. The highest BCUT2D eigenvalue weighted by atomic mass is 32.2. The third-order valence-corrected chi connectivity index (χ3v) is 5.97. The number of benzene rings is 1. The molecule has 5 heteroatoms. The van der Waals surface area contributed by atoms with Crippen molar-refractivity contribution in [2.45, 2.75) is 17.2 Å². The second kappa shape index (κ2) is 5.22. The summed E-state index contributed by atoms with van der Waals surface area (Å²) in [6.07, 6.45) is 0. The number of hydrogen-bond acceptors (Lipinski definition) is 4. The van der Waals surface area contributed by atoms with Crippen LogP contribution in [-0.2, 0) is 9.84 Å². The molecule has 2 N–H and O–H groups in total. The molecule has 1 aromatic heterocycles. The van der Waals surface area contributed by atoms with Crippen molar-refractivity contribution in [3.63, 3.8) is 0 Å². The van der Waals surface area contributed by atoms with E-state index in [1.807, 2.05) is 31.2 Å². The van der Waals surface area contributed by atoms with Gasteiger partial charge in [-0.3, -0.25) is 0 Å². The third kappa shape index (κ3) is 2.98. The van der Waals surface area contributed by atoms with Crippen molar-refractivity contribution in [3.8, 4) is 0 Å². The average Bonchev–Trinajstić information content (AvgIpc) is 2.83. The lowest BCUT2D eigenvalue weighted by atomic mass is 10.1. The minimum atomic E-state index is -3.28. The maximum Gasteiger partial charge on any atom is 0.189 e. The molecule has 0 radical (unpaired) electrons. The van der Waals surface area contributed by atoms with Crippen LogP contribution in [0.25, 0.3) is 0 Å². The van der Waals surface area contributed by atoms with Gasteiger partial charge in [-0.2, -0.15) is 0 Å².